The lowest BCUT2D eigenvalue weighted by molar-refractivity contribution is 0.0820. The smallest absolute Gasteiger partial charge is 0.251 e. The van der Waals surface area contributed by atoms with Gasteiger partial charge in [-0.15, -0.1) is 0 Å². The first-order valence-corrected chi connectivity index (χ1v) is 8.76. The number of hydrogen-bond donors (Lipinski definition) is 2. The molecule has 0 heterocycles. The standard InChI is InChI=1S/C14H19ClN2O3S/c1-3-14(5-4-6-14)17-13(18)10-7-11(15)9(2)12(8-10)21(16,19)20/h7-8H,3-6H2,1-2H3,(H,17,18)(H2,16,19,20). The Hall–Kier alpha value is -1.11. The van der Waals surface area contributed by atoms with Crippen molar-refractivity contribution in [1.29, 1.82) is 0 Å². The maximum Gasteiger partial charge on any atom is 0.251 e. The molecule has 1 aliphatic carbocycles. The highest BCUT2D eigenvalue weighted by molar-refractivity contribution is 7.89. The monoisotopic (exact) mass is 330 g/mol. The molecule has 1 aromatic rings. The minimum absolute atomic E-state index is 0.112. The minimum atomic E-state index is -3.92. The maximum atomic E-state index is 12.3. The van der Waals surface area contributed by atoms with Gasteiger partial charge in [-0.05, 0) is 50.3 Å². The van der Waals surface area contributed by atoms with Gasteiger partial charge >= 0.3 is 0 Å². The second-order valence-electron chi connectivity index (χ2n) is 5.57. The number of halogens is 1. The average Bonchev–Trinajstić information content (AvgIpc) is 2.35. The van der Waals surface area contributed by atoms with E-state index in [0.29, 0.717) is 5.56 Å². The third kappa shape index (κ3) is 3.22. The third-order valence-corrected chi connectivity index (χ3v) is 5.66. The number of carbonyl (C=O) groups is 1. The molecule has 1 saturated carbocycles. The number of nitrogens with one attached hydrogen (secondary N) is 1. The first-order chi connectivity index (χ1) is 9.68. The van der Waals surface area contributed by atoms with Crippen molar-refractivity contribution in [3.63, 3.8) is 0 Å². The number of benzene rings is 1. The quantitative estimate of drug-likeness (QED) is 0.888. The Kier molecular flexibility index (Phi) is 4.33. The van der Waals surface area contributed by atoms with Gasteiger partial charge in [0.05, 0.1) is 4.90 Å². The van der Waals surface area contributed by atoms with Crippen LogP contribution in [0.1, 0.15) is 48.5 Å². The molecule has 0 bridgehead atoms. The van der Waals surface area contributed by atoms with Gasteiger partial charge in [0.25, 0.3) is 5.91 Å². The van der Waals surface area contributed by atoms with Crippen LogP contribution in [0, 0.1) is 6.92 Å². The molecule has 1 aliphatic rings. The number of amides is 1. The number of rotatable bonds is 4. The zero-order chi connectivity index (χ0) is 15.8. The first kappa shape index (κ1) is 16.3. The van der Waals surface area contributed by atoms with E-state index in [1.54, 1.807) is 6.92 Å². The molecule has 0 radical (unpaired) electrons. The molecule has 0 spiro atoms. The Bertz CT molecular complexity index is 676. The Morgan fingerprint density at radius 3 is 2.48 bits per heavy atom. The molecule has 0 aromatic heterocycles. The molecule has 7 heteroatoms. The molecule has 1 aromatic carbocycles. The molecule has 1 amide bonds. The Labute approximate surface area is 129 Å². The minimum Gasteiger partial charge on any atom is -0.347 e. The van der Waals surface area contributed by atoms with Crippen molar-refractivity contribution in [3.05, 3.63) is 28.3 Å². The van der Waals surface area contributed by atoms with E-state index in [0.717, 1.165) is 25.7 Å². The van der Waals surface area contributed by atoms with E-state index in [1.807, 2.05) is 6.92 Å². The van der Waals surface area contributed by atoms with E-state index in [4.69, 9.17) is 16.7 Å². The van der Waals surface area contributed by atoms with E-state index >= 15 is 0 Å². The molecule has 5 nitrogen and oxygen atoms in total. The molecule has 116 valence electrons. The SMILES string of the molecule is CCC1(NC(=O)c2cc(Cl)c(C)c(S(N)(=O)=O)c2)CCC1. The van der Waals surface area contributed by atoms with Gasteiger partial charge < -0.3 is 5.32 Å². The van der Waals surface area contributed by atoms with Crippen LogP contribution in [0.5, 0.6) is 0 Å². The van der Waals surface area contributed by atoms with E-state index in [1.165, 1.54) is 12.1 Å². The number of primary sulfonamides is 1. The second kappa shape index (κ2) is 5.59. The van der Waals surface area contributed by atoms with Gasteiger partial charge in [-0.2, -0.15) is 0 Å². The summed E-state index contributed by atoms with van der Waals surface area (Å²) < 4.78 is 23.2. The third-order valence-electron chi connectivity index (χ3n) is 4.23. The second-order valence-corrected chi connectivity index (χ2v) is 7.50. The summed E-state index contributed by atoms with van der Waals surface area (Å²) in [6.45, 7) is 3.58. The van der Waals surface area contributed by atoms with Crippen molar-refractivity contribution < 1.29 is 13.2 Å². The summed E-state index contributed by atoms with van der Waals surface area (Å²) >= 11 is 6.02. The summed E-state index contributed by atoms with van der Waals surface area (Å²) in [5.74, 6) is -0.316. The van der Waals surface area contributed by atoms with Gasteiger partial charge in [0, 0.05) is 16.1 Å². The van der Waals surface area contributed by atoms with Crippen molar-refractivity contribution in [3.8, 4) is 0 Å². The van der Waals surface area contributed by atoms with Crippen LogP contribution in [-0.4, -0.2) is 19.9 Å². The van der Waals surface area contributed by atoms with Crippen LogP contribution in [0.3, 0.4) is 0 Å². The topological polar surface area (TPSA) is 89.3 Å². The predicted octanol–water partition coefficient (Wildman–Crippen LogP) is 2.36. The van der Waals surface area contributed by atoms with Crippen LogP contribution in [0.4, 0.5) is 0 Å². The predicted molar refractivity (Wildman–Crippen MR) is 81.9 cm³/mol. The highest BCUT2D eigenvalue weighted by Gasteiger charge is 2.36. The molecule has 21 heavy (non-hydrogen) atoms. The molecule has 1 fully saturated rings. The molecule has 0 aliphatic heterocycles. The van der Waals surface area contributed by atoms with Gasteiger partial charge in [0.1, 0.15) is 0 Å². The fraction of sp³-hybridized carbons (Fsp3) is 0.500. The van der Waals surface area contributed by atoms with Crippen molar-refractivity contribution in [2.24, 2.45) is 5.14 Å². The Morgan fingerprint density at radius 1 is 1.43 bits per heavy atom. The van der Waals surface area contributed by atoms with Crippen LogP contribution in [0.25, 0.3) is 0 Å². The number of hydrogen-bond acceptors (Lipinski definition) is 3. The highest BCUT2D eigenvalue weighted by Crippen LogP contribution is 2.35. The van der Waals surface area contributed by atoms with Crippen molar-refractivity contribution in [2.45, 2.75) is 50.0 Å². The van der Waals surface area contributed by atoms with Crippen LogP contribution in [0.15, 0.2) is 17.0 Å². The summed E-state index contributed by atoms with van der Waals surface area (Å²) in [5.41, 5.74) is 0.398. The first-order valence-electron chi connectivity index (χ1n) is 6.84. The van der Waals surface area contributed by atoms with E-state index in [2.05, 4.69) is 5.32 Å². The van der Waals surface area contributed by atoms with Gasteiger partial charge in [-0.25, -0.2) is 13.6 Å². The lowest BCUT2D eigenvalue weighted by atomic mass is 9.74. The molecular formula is C14H19ClN2O3S. The molecule has 3 N–H and O–H groups in total. The summed E-state index contributed by atoms with van der Waals surface area (Å²) in [6, 6.07) is 2.76. The summed E-state index contributed by atoms with van der Waals surface area (Å²) in [7, 11) is -3.92. The maximum absolute atomic E-state index is 12.3. The lowest BCUT2D eigenvalue weighted by Gasteiger charge is -2.42. The van der Waals surface area contributed by atoms with Crippen LogP contribution >= 0.6 is 11.6 Å². The molecular weight excluding hydrogens is 312 g/mol. The van der Waals surface area contributed by atoms with Gasteiger partial charge in [0.15, 0.2) is 0 Å². The number of carbonyl (C=O) groups excluding carboxylic acids is 1. The normalized spacial score (nSPS) is 17.1. The molecule has 0 atom stereocenters. The fourth-order valence-electron chi connectivity index (χ4n) is 2.56. The Balaban J connectivity index is 2.36. The van der Waals surface area contributed by atoms with E-state index in [-0.39, 0.29) is 26.9 Å². The Morgan fingerprint density at radius 2 is 2.05 bits per heavy atom. The van der Waals surface area contributed by atoms with Crippen molar-refractivity contribution >= 4 is 27.5 Å². The number of sulfonamides is 1. The van der Waals surface area contributed by atoms with Gasteiger partial charge in [-0.1, -0.05) is 18.5 Å². The zero-order valence-corrected chi connectivity index (χ0v) is 13.6. The highest BCUT2D eigenvalue weighted by atomic mass is 35.5. The lowest BCUT2D eigenvalue weighted by Crippen LogP contribution is -2.53. The van der Waals surface area contributed by atoms with Gasteiger partial charge in [0.2, 0.25) is 10.0 Å². The summed E-state index contributed by atoms with van der Waals surface area (Å²) in [5, 5.41) is 8.37. The number of nitrogens with two attached hydrogens (primary N) is 1. The van der Waals surface area contributed by atoms with Gasteiger partial charge in [-0.3, -0.25) is 4.79 Å². The van der Waals surface area contributed by atoms with Crippen LogP contribution in [-0.2, 0) is 10.0 Å². The summed E-state index contributed by atoms with van der Waals surface area (Å²) in [4.78, 5) is 12.2. The molecule has 2 rings (SSSR count). The van der Waals surface area contributed by atoms with Crippen molar-refractivity contribution in [1.82, 2.24) is 5.32 Å². The zero-order valence-electron chi connectivity index (χ0n) is 12.1. The average molecular weight is 331 g/mol. The fourth-order valence-corrected chi connectivity index (χ4v) is 3.67. The van der Waals surface area contributed by atoms with Crippen LogP contribution < -0.4 is 10.5 Å². The largest absolute Gasteiger partial charge is 0.347 e. The molecule has 0 unspecified atom stereocenters. The van der Waals surface area contributed by atoms with E-state index in [9.17, 15) is 13.2 Å². The summed E-state index contributed by atoms with van der Waals surface area (Å²) in [6.07, 6.45) is 3.82. The molecule has 0 saturated heterocycles. The van der Waals surface area contributed by atoms with Crippen molar-refractivity contribution in [2.75, 3.05) is 0 Å². The van der Waals surface area contributed by atoms with Crippen LogP contribution in [0.2, 0.25) is 5.02 Å². The van der Waals surface area contributed by atoms with E-state index < -0.39 is 10.0 Å².